The molecule has 1 aromatic heterocycles. The van der Waals surface area contributed by atoms with E-state index in [0.717, 1.165) is 27.4 Å². The van der Waals surface area contributed by atoms with E-state index >= 15 is 0 Å². The van der Waals surface area contributed by atoms with Gasteiger partial charge in [0.15, 0.2) is 0 Å². The van der Waals surface area contributed by atoms with Crippen LogP contribution in [-0.2, 0) is 6.54 Å². The third-order valence-electron chi connectivity index (χ3n) is 5.63. The molecule has 0 spiro atoms. The molecule has 4 aromatic carbocycles. The maximum Gasteiger partial charge on any atom is 0.249 e. The first-order valence-corrected chi connectivity index (χ1v) is 10.00. The average molecular weight is 389 g/mol. The smallest absolute Gasteiger partial charge is 0.249 e. The molecular formula is C27H21N2O. The first-order valence-electron chi connectivity index (χ1n) is 10.00. The maximum atomic E-state index is 12.1. The van der Waals surface area contributed by atoms with Crippen LogP contribution in [0.15, 0.2) is 84.9 Å². The molecule has 3 heteroatoms. The number of nitrogens with two attached hydrogens (primary N) is 1. The van der Waals surface area contributed by atoms with Gasteiger partial charge in [0.2, 0.25) is 5.91 Å². The van der Waals surface area contributed by atoms with E-state index in [1.807, 2.05) is 18.2 Å². The van der Waals surface area contributed by atoms with E-state index in [-0.39, 0.29) is 0 Å². The summed E-state index contributed by atoms with van der Waals surface area (Å²) >= 11 is 0. The topological polar surface area (TPSA) is 48.0 Å². The number of aryl methyl sites for hydroxylation is 1. The number of hydrogen-bond acceptors (Lipinski definition) is 1. The number of aromatic nitrogens is 1. The number of fused-ring (bicyclic) bond motifs is 3. The molecule has 0 aliphatic carbocycles. The van der Waals surface area contributed by atoms with E-state index < -0.39 is 5.91 Å². The fourth-order valence-corrected chi connectivity index (χ4v) is 4.26. The number of benzene rings is 4. The molecule has 0 unspecified atom stereocenters. The van der Waals surface area contributed by atoms with Crippen LogP contribution in [-0.4, -0.2) is 10.5 Å². The minimum Gasteiger partial charge on any atom is -0.366 e. The lowest BCUT2D eigenvalue weighted by molar-refractivity contribution is 0.100. The van der Waals surface area contributed by atoms with Crippen LogP contribution in [0.4, 0.5) is 0 Å². The summed E-state index contributed by atoms with van der Waals surface area (Å²) < 4.78 is 2.27. The molecule has 0 bridgehead atoms. The minimum atomic E-state index is -0.418. The van der Waals surface area contributed by atoms with Crippen molar-refractivity contribution in [2.24, 2.45) is 5.73 Å². The standard InChI is InChI=1S/C27H21N2O/c1-18-14-15-22-25(16-18)29(24-13-7-12-23(26(22)24)27(28)30)17-20-10-5-6-11-21(20)19-8-3-2-4-9-19/h2-14,16H,17H2,1H3,(H2,28,30). The van der Waals surface area contributed by atoms with Crippen molar-refractivity contribution in [3.8, 4) is 11.1 Å². The van der Waals surface area contributed by atoms with Crippen molar-refractivity contribution in [1.29, 1.82) is 0 Å². The molecular weight excluding hydrogens is 368 g/mol. The van der Waals surface area contributed by atoms with Crippen molar-refractivity contribution >= 4 is 27.7 Å². The minimum absolute atomic E-state index is 0.418. The summed E-state index contributed by atoms with van der Waals surface area (Å²) in [5.74, 6) is -0.418. The van der Waals surface area contributed by atoms with Gasteiger partial charge in [0.05, 0.1) is 11.0 Å². The summed E-state index contributed by atoms with van der Waals surface area (Å²) in [7, 11) is 0. The van der Waals surface area contributed by atoms with Gasteiger partial charge in [0, 0.05) is 22.9 Å². The van der Waals surface area contributed by atoms with Crippen LogP contribution in [0.2, 0.25) is 0 Å². The molecule has 1 amide bonds. The van der Waals surface area contributed by atoms with Gasteiger partial charge in [-0.3, -0.25) is 4.79 Å². The van der Waals surface area contributed by atoms with Crippen LogP contribution in [0.5, 0.6) is 0 Å². The molecule has 2 N–H and O–H groups in total. The molecule has 0 atom stereocenters. The second-order valence-corrected chi connectivity index (χ2v) is 7.61. The number of carbonyl (C=O) groups excluding carboxylic acids is 1. The molecule has 0 saturated carbocycles. The van der Waals surface area contributed by atoms with Gasteiger partial charge in [-0.15, -0.1) is 0 Å². The lowest BCUT2D eigenvalue weighted by atomic mass is 9.99. The quantitative estimate of drug-likeness (QED) is 0.420. The van der Waals surface area contributed by atoms with Gasteiger partial charge in [0.25, 0.3) is 0 Å². The molecule has 1 radical (unpaired) electrons. The number of hydrogen-bond donors (Lipinski definition) is 1. The van der Waals surface area contributed by atoms with E-state index in [0.29, 0.717) is 12.1 Å². The Labute approximate surface area is 175 Å². The average Bonchev–Trinajstić information content (AvgIpc) is 3.07. The predicted octanol–water partition coefficient (Wildman–Crippen LogP) is 5.72. The van der Waals surface area contributed by atoms with Crippen LogP contribution in [0.25, 0.3) is 32.9 Å². The van der Waals surface area contributed by atoms with E-state index in [9.17, 15) is 4.79 Å². The lowest BCUT2D eigenvalue weighted by Gasteiger charge is -2.13. The Balaban J connectivity index is 1.78. The number of carbonyl (C=O) groups is 1. The Kier molecular flexibility index (Phi) is 4.36. The molecule has 0 saturated heterocycles. The van der Waals surface area contributed by atoms with Crippen molar-refractivity contribution in [3.63, 3.8) is 0 Å². The van der Waals surface area contributed by atoms with Crippen molar-refractivity contribution in [2.75, 3.05) is 0 Å². The second kappa shape index (κ2) is 7.20. The number of primary amides is 1. The Morgan fingerprint density at radius 3 is 2.50 bits per heavy atom. The first kappa shape index (κ1) is 18.2. The number of rotatable bonds is 4. The van der Waals surface area contributed by atoms with E-state index in [2.05, 4.69) is 78.2 Å². The molecule has 0 aliphatic heterocycles. The number of nitrogens with zero attached hydrogens (tertiary/aromatic N) is 1. The first-order chi connectivity index (χ1) is 14.6. The summed E-state index contributed by atoms with van der Waals surface area (Å²) in [6, 6.07) is 32.1. The summed E-state index contributed by atoms with van der Waals surface area (Å²) in [5.41, 5.74) is 13.0. The zero-order chi connectivity index (χ0) is 20.7. The molecule has 145 valence electrons. The monoisotopic (exact) mass is 389 g/mol. The van der Waals surface area contributed by atoms with Gasteiger partial charge in [0.1, 0.15) is 0 Å². The summed E-state index contributed by atoms with van der Waals surface area (Å²) in [5, 5.41) is 1.80. The zero-order valence-electron chi connectivity index (χ0n) is 16.7. The van der Waals surface area contributed by atoms with Gasteiger partial charge in [-0.1, -0.05) is 66.7 Å². The summed E-state index contributed by atoms with van der Waals surface area (Å²) in [4.78, 5) is 12.1. The number of amides is 1. The van der Waals surface area contributed by atoms with Crippen molar-refractivity contribution in [2.45, 2.75) is 13.5 Å². The fraction of sp³-hybridized carbons (Fsp3) is 0.0741. The van der Waals surface area contributed by atoms with Gasteiger partial charge < -0.3 is 10.3 Å². The highest BCUT2D eigenvalue weighted by atomic mass is 16.1. The van der Waals surface area contributed by atoms with Gasteiger partial charge in [-0.25, -0.2) is 0 Å². The Morgan fingerprint density at radius 1 is 0.933 bits per heavy atom. The Hall–Kier alpha value is -3.85. The molecule has 3 nitrogen and oxygen atoms in total. The van der Waals surface area contributed by atoms with Crippen LogP contribution in [0.1, 0.15) is 21.5 Å². The SMILES string of the molecule is Cc1c[c]c2c3c(C(N)=O)cccc3n(Cc3ccccc3-c3ccccc3)c2c1. The Bertz CT molecular complexity index is 1400. The highest BCUT2D eigenvalue weighted by molar-refractivity contribution is 6.17. The van der Waals surface area contributed by atoms with Crippen LogP contribution in [0.3, 0.4) is 0 Å². The van der Waals surface area contributed by atoms with E-state index in [1.54, 1.807) is 6.07 Å². The summed E-state index contributed by atoms with van der Waals surface area (Å²) in [6.45, 7) is 2.75. The third-order valence-corrected chi connectivity index (χ3v) is 5.63. The summed E-state index contributed by atoms with van der Waals surface area (Å²) in [6.07, 6.45) is 0. The van der Waals surface area contributed by atoms with Gasteiger partial charge in [-0.2, -0.15) is 0 Å². The van der Waals surface area contributed by atoms with Crippen LogP contribution < -0.4 is 5.73 Å². The van der Waals surface area contributed by atoms with Crippen LogP contribution in [0, 0.1) is 13.0 Å². The predicted molar refractivity (Wildman–Crippen MR) is 123 cm³/mol. The highest BCUT2D eigenvalue weighted by Crippen LogP contribution is 2.34. The molecule has 0 aliphatic rings. The van der Waals surface area contributed by atoms with Gasteiger partial charge in [-0.05, 0) is 53.4 Å². The normalized spacial score (nSPS) is 11.2. The molecule has 30 heavy (non-hydrogen) atoms. The van der Waals surface area contributed by atoms with Crippen molar-refractivity contribution in [1.82, 2.24) is 4.57 Å². The lowest BCUT2D eigenvalue weighted by Crippen LogP contribution is -2.11. The maximum absolute atomic E-state index is 12.1. The van der Waals surface area contributed by atoms with E-state index in [1.165, 1.54) is 16.7 Å². The van der Waals surface area contributed by atoms with Crippen molar-refractivity contribution < 1.29 is 4.79 Å². The molecule has 0 fully saturated rings. The van der Waals surface area contributed by atoms with E-state index in [4.69, 9.17) is 5.73 Å². The molecule has 5 rings (SSSR count). The fourth-order valence-electron chi connectivity index (χ4n) is 4.26. The largest absolute Gasteiger partial charge is 0.366 e. The Morgan fingerprint density at radius 2 is 1.70 bits per heavy atom. The van der Waals surface area contributed by atoms with Crippen LogP contribution >= 0.6 is 0 Å². The molecule has 5 aromatic rings. The second-order valence-electron chi connectivity index (χ2n) is 7.61. The third kappa shape index (κ3) is 2.96. The zero-order valence-corrected chi connectivity index (χ0v) is 16.7. The molecule has 1 heterocycles. The van der Waals surface area contributed by atoms with Gasteiger partial charge >= 0.3 is 0 Å². The highest BCUT2D eigenvalue weighted by Gasteiger charge is 2.17. The van der Waals surface area contributed by atoms with Crippen molar-refractivity contribution in [3.05, 3.63) is 108 Å².